The van der Waals surface area contributed by atoms with Crippen LogP contribution in [0.5, 0.6) is 23.0 Å². The Morgan fingerprint density at radius 2 is 1.70 bits per heavy atom. The summed E-state index contributed by atoms with van der Waals surface area (Å²) in [6.07, 6.45) is 0. The minimum atomic E-state index is -0.819. The summed E-state index contributed by atoms with van der Waals surface area (Å²) in [6, 6.07) is 20.1. The molecule has 2 heterocycles. The number of methoxy groups -OCH3 is 3. The zero-order valence-electron chi connectivity index (χ0n) is 19.8. The quantitative estimate of drug-likeness (QED) is 0.367. The van der Waals surface area contributed by atoms with Gasteiger partial charge in [0.1, 0.15) is 34.5 Å². The molecule has 0 spiro atoms. The summed E-state index contributed by atoms with van der Waals surface area (Å²) in [6.45, 7) is 0. The smallest absolute Gasteiger partial charge is 0.344 e. The van der Waals surface area contributed by atoms with Gasteiger partial charge in [0, 0.05) is 5.56 Å². The Labute approximate surface area is 214 Å². The number of ether oxygens (including phenoxy) is 4. The predicted molar refractivity (Wildman–Crippen MR) is 140 cm³/mol. The number of rotatable bonds is 5. The number of hydrogen-bond acceptors (Lipinski definition) is 8. The fourth-order valence-corrected chi connectivity index (χ4v) is 4.48. The van der Waals surface area contributed by atoms with Gasteiger partial charge in [-0.15, -0.1) is 0 Å². The minimum Gasteiger partial charge on any atom is -0.497 e. The van der Waals surface area contributed by atoms with E-state index in [0.29, 0.717) is 33.8 Å². The molecule has 37 heavy (non-hydrogen) atoms. The molecule has 8 heteroatoms. The van der Waals surface area contributed by atoms with Crippen LogP contribution in [-0.2, 0) is 0 Å². The molecule has 5 rings (SSSR count). The van der Waals surface area contributed by atoms with Gasteiger partial charge in [0.05, 0.1) is 38.2 Å². The maximum atomic E-state index is 13.3. The number of hydrogen-bond donors (Lipinski definition) is 1. The highest BCUT2D eigenvalue weighted by Crippen LogP contribution is 2.45. The van der Waals surface area contributed by atoms with Crippen molar-refractivity contribution in [3.05, 3.63) is 93.7 Å². The van der Waals surface area contributed by atoms with E-state index in [1.54, 1.807) is 44.6 Å². The number of nitriles is 1. The maximum Gasteiger partial charge on any atom is 0.344 e. The zero-order valence-corrected chi connectivity index (χ0v) is 19.8. The topological polar surface area (TPSA) is 117 Å². The number of fused-ring (bicyclic) bond motifs is 3. The second kappa shape index (κ2) is 9.99. The van der Waals surface area contributed by atoms with Crippen LogP contribution in [0.3, 0.4) is 0 Å². The van der Waals surface area contributed by atoms with Crippen LogP contribution in [-0.4, -0.2) is 21.3 Å². The van der Waals surface area contributed by atoms with E-state index in [1.807, 2.05) is 30.3 Å². The van der Waals surface area contributed by atoms with Gasteiger partial charge in [-0.1, -0.05) is 25.6 Å². The van der Waals surface area contributed by atoms with Gasteiger partial charge in [0.15, 0.2) is 5.75 Å². The molecule has 1 aliphatic rings. The standard InChI is InChI=1S/C28H22N2O6.CH4/c1-32-17-6-4-5-15(11-17)19-12-16(7-9-22(19)34-3)24-21(14-29)27(30)36-26-20-13-18(33-2)8-10-23(20)35-28(31)25(24)26;/h4-13,24H,30H2,1-3H3;1H4. The van der Waals surface area contributed by atoms with Crippen molar-refractivity contribution in [2.24, 2.45) is 5.73 Å². The lowest BCUT2D eigenvalue weighted by Gasteiger charge is -2.26. The third-order valence-electron chi connectivity index (χ3n) is 6.21. The van der Waals surface area contributed by atoms with Gasteiger partial charge in [-0.2, -0.15) is 5.26 Å². The van der Waals surface area contributed by atoms with Crippen LogP contribution in [0, 0.1) is 11.3 Å². The van der Waals surface area contributed by atoms with E-state index in [4.69, 9.17) is 29.1 Å². The molecule has 0 bridgehead atoms. The van der Waals surface area contributed by atoms with E-state index in [0.717, 1.165) is 11.1 Å². The van der Waals surface area contributed by atoms with Crippen LogP contribution >= 0.6 is 0 Å². The molecule has 0 fully saturated rings. The fraction of sp³-hybridized carbons (Fsp3) is 0.172. The van der Waals surface area contributed by atoms with E-state index in [1.165, 1.54) is 7.11 Å². The molecule has 1 aromatic heterocycles. The maximum absolute atomic E-state index is 13.3. The number of nitrogens with zero attached hydrogens (tertiary/aromatic N) is 1. The average molecular weight is 499 g/mol. The molecule has 1 aliphatic heterocycles. The molecule has 2 N–H and O–H groups in total. The van der Waals surface area contributed by atoms with Gasteiger partial charge in [-0.05, 0) is 53.6 Å². The Kier molecular flexibility index (Phi) is 6.81. The normalized spacial score (nSPS) is 14.2. The highest BCUT2D eigenvalue weighted by molar-refractivity contribution is 5.87. The van der Waals surface area contributed by atoms with Gasteiger partial charge in [-0.3, -0.25) is 0 Å². The summed E-state index contributed by atoms with van der Waals surface area (Å²) >= 11 is 0. The second-order valence-electron chi connectivity index (χ2n) is 8.11. The van der Waals surface area contributed by atoms with Crippen molar-refractivity contribution in [1.82, 2.24) is 0 Å². The molecule has 0 radical (unpaired) electrons. The van der Waals surface area contributed by atoms with E-state index >= 15 is 0 Å². The van der Waals surface area contributed by atoms with E-state index < -0.39 is 11.5 Å². The predicted octanol–water partition coefficient (Wildman–Crippen LogP) is 5.34. The summed E-state index contributed by atoms with van der Waals surface area (Å²) in [5.74, 6) is 1.19. The molecule has 0 amide bonds. The van der Waals surface area contributed by atoms with Gasteiger partial charge < -0.3 is 29.1 Å². The highest BCUT2D eigenvalue weighted by Gasteiger charge is 2.36. The SMILES string of the molecule is C.COc1cccc(-c2cc(C3C(C#N)=C(N)Oc4c3c(=O)oc3ccc(OC)cc43)ccc2OC)c1. The van der Waals surface area contributed by atoms with Crippen molar-refractivity contribution in [2.75, 3.05) is 21.3 Å². The van der Waals surface area contributed by atoms with Gasteiger partial charge >= 0.3 is 5.63 Å². The molecule has 188 valence electrons. The first kappa shape index (κ1) is 25.2. The van der Waals surface area contributed by atoms with Crippen molar-refractivity contribution in [3.63, 3.8) is 0 Å². The van der Waals surface area contributed by atoms with Crippen molar-refractivity contribution in [3.8, 4) is 40.2 Å². The Morgan fingerprint density at radius 1 is 0.946 bits per heavy atom. The monoisotopic (exact) mass is 498 g/mol. The molecule has 8 nitrogen and oxygen atoms in total. The van der Waals surface area contributed by atoms with Crippen LogP contribution in [0.1, 0.15) is 24.5 Å². The lowest BCUT2D eigenvalue weighted by atomic mass is 9.82. The van der Waals surface area contributed by atoms with Crippen molar-refractivity contribution < 1.29 is 23.4 Å². The second-order valence-corrected chi connectivity index (χ2v) is 8.11. The van der Waals surface area contributed by atoms with Gasteiger partial charge in [0.25, 0.3) is 0 Å². The summed E-state index contributed by atoms with van der Waals surface area (Å²) in [5.41, 5.74) is 8.45. The number of benzene rings is 3. The van der Waals surface area contributed by atoms with Crippen LogP contribution < -0.4 is 30.3 Å². The molecule has 0 saturated heterocycles. The summed E-state index contributed by atoms with van der Waals surface area (Å²) in [5, 5.41) is 10.5. The first-order valence-corrected chi connectivity index (χ1v) is 11.0. The van der Waals surface area contributed by atoms with Crippen molar-refractivity contribution >= 4 is 11.0 Å². The van der Waals surface area contributed by atoms with E-state index in [2.05, 4.69) is 6.07 Å². The molecular weight excluding hydrogens is 472 g/mol. The molecule has 3 aromatic carbocycles. The van der Waals surface area contributed by atoms with Crippen molar-refractivity contribution in [2.45, 2.75) is 13.3 Å². The third-order valence-corrected chi connectivity index (χ3v) is 6.21. The zero-order chi connectivity index (χ0) is 25.4. The Hall–Kier alpha value is -4.90. The van der Waals surface area contributed by atoms with Crippen molar-refractivity contribution in [1.29, 1.82) is 5.26 Å². The molecule has 0 aliphatic carbocycles. The average Bonchev–Trinajstić information content (AvgIpc) is 2.91. The molecule has 4 aromatic rings. The lowest BCUT2D eigenvalue weighted by Crippen LogP contribution is -2.26. The fourth-order valence-electron chi connectivity index (χ4n) is 4.48. The highest BCUT2D eigenvalue weighted by atomic mass is 16.5. The third kappa shape index (κ3) is 4.21. The van der Waals surface area contributed by atoms with Gasteiger partial charge in [0.2, 0.25) is 5.88 Å². The van der Waals surface area contributed by atoms with Gasteiger partial charge in [-0.25, -0.2) is 4.79 Å². The summed E-state index contributed by atoms with van der Waals surface area (Å²) in [4.78, 5) is 13.3. The number of nitrogens with two attached hydrogens (primary N) is 1. The first-order chi connectivity index (χ1) is 17.5. The molecule has 1 atom stereocenters. The van der Waals surface area contributed by atoms with Crippen LogP contribution in [0.2, 0.25) is 0 Å². The Morgan fingerprint density at radius 3 is 2.41 bits per heavy atom. The Bertz CT molecular complexity index is 1630. The Balaban J connectivity index is 0.00000320. The van der Waals surface area contributed by atoms with Crippen LogP contribution in [0.25, 0.3) is 22.1 Å². The first-order valence-electron chi connectivity index (χ1n) is 11.0. The molecular formula is C29H26N2O6. The largest absolute Gasteiger partial charge is 0.497 e. The summed E-state index contributed by atoms with van der Waals surface area (Å²) in [7, 11) is 4.71. The molecule has 1 unspecified atom stereocenters. The van der Waals surface area contributed by atoms with E-state index in [9.17, 15) is 10.1 Å². The van der Waals surface area contributed by atoms with Crippen LogP contribution in [0.15, 0.2) is 81.3 Å². The summed E-state index contributed by atoms with van der Waals surface area (Å²) < 4.78 is 27.8. The number of allylic oxidation sites excluding steroid dienone is 1. The minimum absolute atomic E-state index is 0. The molecule has 0 saturated carbocycles. The van der Waals surface area contributed by atoms with Crippen LogP contribution in [0.4, 0.5) is 0 Å². The lowest BCUT2D eigenvalue weighted by molar-refractivity contribution is 0.386. The van der Waals surface area contributed by atoms with E-state index in [-0.39, 0.29) is 30.2 Å².